The summed E-state index contributed by atoms with van der Waals surface area (Å²) in [4.78, 5) is 2.63. The Labute approximate surface area is 120 Å². The van der Waals surface area contributed by atoms with Crippen LogP contribution in [0.4, 0.5) is 0 Å². The summed E-state index contributed by atoms with van der Waals surface area (Å²) < 4.78 is 16.8. The molecule has 19 heavy (non-hydrogen) atoms. The van der Waals surface area contributed by atoms with Crippen LogP contribution in [0.3, 0.4) is 0 Å². The van der Waals surface area contributed by atoms with Crippen molar-refractivity contribution in [1.82, 2.24) is 0 Å². The van der Waals surface area contributed by atoms with Crippen molar-refractivity contribution in [1.29, 1.82) is 0 Å². The first-order chi connectivity index (χ1) is 9.45. The normalized spacial score (nSPS) is 17.7. The molecular weight excluding hydrogens is 280 g/mol. The molecule has 0 spiro atoms. The van der Waals surface area contributed by atoms with Crippen molar-refractivity contribution in [2.24, 2.45) is 0 Å². The Balaban J connectivity index is 1.87. The zero-order chi connectivity index (χ0) is 12.9. The molecule has 0 aliphatic carbocycles. The summed E-state index contributed by atoms with van der Waals surface area (Å²) >= 11 is 3.54. The van der Waals surface area contributed by atoms with Crippen LogP contribution in [0, 0.1) is 0 Å². The first-order valence-corrected chi connectivity index (χ1v) is 8.07. The lowest BCUT2D eigenvalue weighted by Crippen LogP contribution is -2.08. The maximum Gasteiger partial charge on any atom is 0.0732 e. The SMILES string of the molecule is c1cc2c(s1)-c1sccc1COCCOCCOC2. The van der Waals surface area contributed by atoms with Gasteiger partial charge >= 0.3 is 0 Å². The molecule has 0 N–H and O–H groups in total. The average molecular weight is 296 g/mol. The lowest BCUT2D eigenvalue weighted by atomic mass is 10.2. The summed E-state index contributed by atoms with van der Waals surface area (Å²) in [7, 11) is 0. The summed E-state index contributed by atoms with van der Waals surface area (Å²) in [6.07, 6.45) is 0. The standard InChI is InChI=1S/C14H16O3S2/c1-7-18-13-11(1)9-16-5-3-15-4-6-17-10-12-2-8-19-14(12)13/h1-2,7-8H,3-6,9-10H2. The highest BCUT2D eigenvalue weighted by Crippen LogP contribution is 2.37. The van der Waals surface area contributed by atoms with Crippen LogP contribution in [0.15, 0.2) is 22.9 Å². The fourth-order valence-corrected chi connectivity index (χ4v) is 4.06. The minimum absolute atomic E-state index is 0.630. The zero-order valence-corrected chi connectivity index (χ0v) is 12.2. The van der Waals surface area contributed by atoms with Crippen molar-refractivity contribution in [3.05, 3.63) is 34.0 Å². The number of rotatable bonds is 0. The van der Waals surface area contributed by atoms with Crippen LogP contribution in [0.2, 0.25) is 0 Å². The van der Waals surface area contributed by atoms with E-state index in [4.69, 9.17) is 14.2 Å². The smallest absolute Gasteiger partial charge is 0.0732 e. The Bertz CT molecular complexity index is 472. The molecule has 102 valence electrons. The van der Waals surface area contributed by atoms with Gasteiger partial charge in [0.2, 0.25) is 0 Å². The van der Waals surface area contributed by atoms with Gasteiger partial charge in [-0.3, -0.25) is 0 Å². The lowest BCUT2D eigenvalue weighted by Gasteiger charge is -2.05. The molecule has 0 bridgehead atoms. The fourth-order valence-electron chi connectivity index (χ4n) is 2.00. The molecule has 2 aromatic rings. The highest BCUT2D eigenvalue weighted by molar-refractivity contribution is 7.20. The number of hydrogen-bond donors (Lipinski definition) is 0. The van der Waals surface area contributed by atoms with E-state index in [1.54, 1.807) is 22.7 Å². The van der Waals surface area contributed by atoms with E-state index < -0.39 is 0 Å². The van der Waals surface area contributed by atoms with E-state index in [1.165, 1.54) is 20.9 Å². The van der Waals surface area contributed by atoms with E-state index in [9.17, 15) is 0 Å². The number of thiophene rings is 2. The van der Waals surface area contributed by atoms with Crippen LogP contribution in [0.25, 0.3) is 9.75 Å². The van der Waals surface area contributed by atoms with Gasteiger partial charge in [0.1, 0.15) is 0 Å². The number of ether oxygens (including phenoxy) is 3. The van der Waals surface area contributed by atoms with Crippen LogP contribution in [-0.2, 0) is 27.4 Å². The van der Waals surface area contributed by atoms with Gasteiger partial charge in [-0.1, -0.05) is 0 Å². The van der Waals surface area contributed by atoms with Gasteiger partial charge in [-0.05, 0) is 34.0 Å². The quantitative estimate of drug-likeness (QED) is 0.744. The first-order valence-electron chi connectivity index (χ1n) is 6.31. The van der Waals surface area contributed by atoms with Gasteiger partial charge in [0.05, 0.1) is 49.4 Å². The van der Waals surface area contributed by atoms with Crippen LogP contribution in [0.1, 0.15) is 11.1 Å². The van der Waals surface area contributed by atoms with E-state index in [1.807, 2.05) is 0 Å². The molecule has 0 saturated heterocycles. The third-order valence-electron chi connectivity index (χ3n) is 2.96. The maximum atomic E-state index is 5.67. The van der Waals surface area contributed by atoms with Crippen molar-refractivity contribution >= 4 is 22.7 Å². The zero-order valence-electron chi connectivity index (χ0n) is 10.6. The third-order valence-corrected chi connectivity index (χ3v) is 5.04. The van der Waals surface area contributed by atoms with E-state index in [2.05, 4.69) is 22.9 Å². The highest BCUT2D eigenvalue weighted by atomic mass is 32.1. The van der Waals surface area contributed by atoms with Crippen LogP contribution < -0.4 is 0 Å². The van der Waals surface area contributed by atoms with Gasteiger partial charge in [-0.15, -0.1) is 22.7 Å². The molecule has 2 aromatic heterocycles. The first kappa shape index (κ1) is 13.3. The minimum atomic E-state index is 0.630. The molecule has 0 unspecified atom stereocenters. The lowest BCUT2D eigenvalue weighted by molar-refractivity contribution is 0.00763. The monoisotopic (exact) mass is 296 g/mol. The van der Waals surface area contributed by atoms with Gasteiger partial charge < -0.3 is 14.2 Å². The molecule has 5 heteroatoms. The molecule has 1 aliphatic rings. The predicted octanol–water partition coefficient (Wildman–Crippen LogP) is 3.54. The number of fused-ring (bicyclic) bond motifs is 3. The summed E-state index contributed by atoms with van der Waals surface area (Å²) in [5.41, 5.74) is 2.51. The second-order valence-corrected chi connectivity index (χ2v) is 6.10. The summed E-state index contributed by atoms with van der Waals surface area (Å²) in [6, 6.07) is 4.29. The molecular formula is C14H16O3S2. The van der Waals surface area contributed by atoms with Gasteiger partial charge in [0.25, 0.3) is 0 Å². The van der Waals surface area contributed by atoms with Crippen molar-refractivity contribution in [2.75, 3.05) is 26.4 Å². The molecule has 0 fully saturated rings. The molecule has 0 amide bonds. The molecule has 0 saturated carbocycles. The van der Waals surface area contributed by atoms with Crippen LogP contribution in [0.5, 0.6) is 0 Å². The van der Waals surface area contributed by atoms with Crippen molar-refractivity contribution in [3.8, 4) is 9.75 Å². The highest BCUT2D eigenvalue weighted by Gasteiger charge is 2.13. The molecule has 1 aliphatic heterocycles. The Morgan fingerprint density at radius 3 is 1.68 bits per heavy atom. The Kier molecular flexibility index (Phi) is 4.63. The Morgan fingerprint density at radius 1 is 0.684 bits per heavy atom. The van der Waals surface area contributed by atoms with Crippen molar-refractivity contribution in [2.45, 2.75) is 13.2 Å². The summed E-state index contributed by atoms with van der Waals surface area (Å²) in [5, 5.41) is 4.25. The summed E-state index contributed by atoms with van der Waals surface area (Å²) in [6.45, 7) is 3.83. The molecule has 3 rings (SSSR count). The second-order valence-electron chi connectivity index (χ2n) is 4.27. The topological polar surface area (TPSA) is 27.7 Å². The fraction of sp³-hybridized carbons (Fsp3) is 0.429. The Hall–Kier alpha value is -0.720. The minimum Gasteiger partial charge on any atom is -0.377 e. The van der Waals surface area contributed by atoms with Crippen LogP contribution >= 0.6 is 22.7 Å². The van der Waals surface area contributed by atoms with E-state index >= 15 is 0 Å². The second kappa shape index (κ2) is 6.63. The largest absolute Gasteiger partial charge is 0.377 e. The molecule has 3 heterocycles. The predicted molar refractivity (Wildman–Crippen MR) is 77.8 cm³/mol. The van der Waals surface area contributed by atoms with Crippen LogP contribution in [-0.4, -0.2) is 26.4 Å². The van der Waals surface area contributed by atoms with E-state index in [-0.39, 0.29) is 0 Å². The van der Waals surface area contributed by atoms with Gasteiger partial charge in [0, 0.05) is 0 Å². The number of hydrogen-bond acceptors (Lipinski definition) is 5. The van der Waals surface area contributed by atoms with E-state index in [0.29, 0.717) is 39.6 Å². The van der Waals surface area contributed by atoms with Gasteiger partial charge in [-0.25, -0.2) is 0 Å². The average Bonchev–Trinajstić information content (AvgIpc) is 3.04. The van der Waals surface area contributed by atoms with Gasteiger partial charge in [-0.2, -0.15) is 0 Å². The molecule has 3 nitrogen and oxygen atoms in total. The molecule has 0 radical (unpaired) electrons. The summed E-state index contributed by atoms with van der Waals surface area (Å²) in [5.74, 6) is 0. The van der Waals surface area contributed by atoms with Crippen molar-refractivity contribution < 1.29 is 14.2 Å². The molecule has 0 aromatic carbocycles. The van der Waals surface area contributed by atoms with E-state index in [0.717, 1.165) is 0 Å². The van der Waals surface area contributed by atoms with Gasteiger partial charge in [0.15, 0.2) is 0 Å². The van der Waals surface area contributed by atoms with Crippen molar-refractivity contribution in [3.63, 3.8) is 0 Å². The third kappa shape index (κ3) is 3.24. The molecule has 0 atom stereocenters. The Morgan fingerprint density at radius 2 is 1.16 bits per heavy atom. The maximum absolute atomic E-state index is 5.67.